The Morgan fingerprint density at radius 3 is 2.64 bits per heavy atom. The third kappa shape index (κ3) is 3.77. The number of aryl methyl sites for hydroxylation is 1. The SMILES string of the molecule is Cc1cc(C(=O)N2CCN(Cc3cc([N+](=O)[O-])ccc3O)CC2)on1. The van der Waals surface area contributed by atoms with Gasteiger partial charge in [-0.3, -0.25) is 19.8 Å². The number of rotatable bonds is 4. The van der Waals surface area contributed by atoms with Crippen molar-refractivity contribution in [2.45, 2.75) is 13.5 Å². The molecule has 9 nitrogen and oxygen atoms in total. The van der Waals surface area contributed by atoms with Crippen molar-refractivity contribution in [3.05, 3.63) is 51.4 Å². The van der Waals surface area contributed by atoms with E-state index in [0.717, 1.165) is 0 Å². The van der Waals surface area contributed by atoms with Gasteiger partial charge in [-0.05, 0) is 13.0 Å². The standard InChI is InChI=1S/C16H18N4O5/c1-11-8-15(25-17-11)16(22)19-6-4-18(5-7-19)10-12-9-13(20(23)24)2-3-14(12)21/h2-3,8-9,21H,4-7,10H2,1H3. The number of non-ortho nitro benzene ring substituents is 1. The van der Waals surface area contributed by atoms with Crippen molar-refractivity contribution < 1.29 is 19.3 Å². The molecule has 25 heavy (non-hydrogen) atoms. The van der Waals surface area contributed by atoms with Crippen LogP contribution in [0.5, 0.6) is 5.75 Å². The first-order valence-electron chi connectivity index (χ1n) is 7.85. The third-order valence-corrected chi connectivity index (χ3v) is 4.17. The normalized spacial score (nSPS) is 15.3. The Kier molecular flexibility index (Phi) is 4.66. The lowest BCUT2D eigenvalue weighted by atomic mass is 10.1. The lowest BCUT2D eigenvalue weighted by Gasteiger charge is -2.34. The predicted molar refractivity (Wildman–Crippen MR) is 87.2 cm³/mol. The number of aromatic nitrogens is 1. The second-order valence-electron chi connectivity index (χ2n) is 5.97. The molecule has 1 fully saturated rings. The van der Waals surface area contributed by atoms with E-state index in [-0.39, 0.29) is 23.1 Å². The molecule has 1 aromatic carbocycles. The van der Waals surface area contributed by atoms with Gasteiger partial charge in [-0.15, -0.1) is 0 Å². The van der Waals surface area contributed by atoms with E-state index in [1.807, 2.05) is 4.90 Å². The first-order chi connectivity index (χ1) is 11.9. The molecule has 0 unspecified atom stereocenters. The van der Waals surface area contributed by atoms with Gasteiger partial charge < -0.3 is 14.5 Å². The number of carbonyl (C=O) groups excluding carboxylic acids is 1. The van der Waals surface area contributed by atoms with E-state index in [2.05, 4.69) is 5.16 Å². The van der Waals surface area contributed by atoms with Crippen LogP contribution in [0.4, 0.5) is 5.69 Å². The van der Waals surface area contributed by atoms with Crippen molar-refractivity contribution in [3.63, 3.8) is 0 Å². The van der Waals surface area contributed by atoms with Gasteiger partial charge in [0.05, 0.1) is 10.6 Å². The Morgan fingerprint density at radius 1 is 1.32 bits per heavy atom. The fraction of sp³-hybridized carbons (Fsp3) is 0.375. The summed E-state index contributed by atoms with van der Waals surface area (Å²) in [5.41, 5.74) is 1.10. The van der Waals surface area contributed by atoms with Crippen LogP contribution in [0.15, 0.2) is 28.8 Å². The van der Waals surface area contributed by atoms with Crippen molar-refractivity contribution >= 4 is 11.6 Å². The summed E-state index contributed by atoms with van der Waals surface area (Å²) in [5, 5.41) is 24.5. The number of benzene rings is 1. The zero-order chi connectivity index (χ0) is 18.0. The highest BCUT2D eigenvalue weighted by molar-refractivity contribution is 5.91. The van der Waals surface area contributed by atoms with Crippen LogP contribution >= 0.6 is 0 Å². The monoisotopic (exact) mass is 346 g/mol. The third-order valence-electron chi connectivity index (χ3n) is 4.17. The summed E-state index contributed by atoms with van der Waals surface area (Å²) < 4.78 is 5.00. The molecule has 0 radical (unpaired) electrons. The number of hydrogen-bond acceptors (Lipinski definition) is 7. The van der Waals surface area contributed by atoms with Crippen molar-refractivity contribution in [1.82, 2.24) is 15.0 Å². The van der Waals surface area contributed by atoms with Crippen LogP contribution in [0.25, 0.3) is 0 Å². The fourth-order valence-electron chi connectivity index (χ4n) is 2.78. The van der Waals surface area contributed by atoms with E-state index in [4.69, 9.17) is 4.52 Å². The molecule has 0 aliphatic carbocycles. The molecular formula is C16H18N4O5. The van der Waals surface area contributed by atoms with Gasteiger partial charge in [-0.25, -0.2) is 0 Å². The molecule has 0 spiro atoms. The zero-order valence-corrected chi connectivity index (χ0v) is 13.7. The molecule has 132 valence electrons. The molecule has 0 bridgehead atoms. The topological polar surface area (TPSA) is 113 Å². The Balaban J connectivity index is 1.60. The number of piperazine rings is 1. The maximum Gasteiger partial charge on any atom is 0.292 e. The van der Waals surface area contributed by atoms with E-state index < -0.39 is 4.92 Å². The number of nitro groups is 1. The number of amides is 1. The summed E-state index contributed by atoms with van der Waals surface area (Å²) in [5.74, 6) is 0.0574. The van der Waals surface area contributed by atoms with Gasteiger partial charge in [0.25, 0.3) is 11.6 Å². The summed E-state index contributed by atoms with van der Waals surface area (Å²) in [6.45, 7) is 4.35. The summed E-state index contributed by atoms with van der Waals surface area (Å²) in [6.07, 6.45) is 0. The van der Waals surface area contributed by atoms with Crippen LogP contribution in [0.3, 0.4) is 0 Å². The first kappa shape index (κ1) is 16.9. The van der Waals surface area contributed by atoms with Crippen LogP contribution in [0.2, 0.25) is 0 Å². The molecule has 2 aromatic rings. The van der Waals surface area contributed by atoms with Gasteiger partial charge >= 0.3 is 0 Å². The molecule has 1 saturated heterocycles. The second kappa shape index (κ2) is 6.89. The van der Waals surface area contributed by atoms with Gasteiger partial charge in [0.15, 0.2) is 0 Å². The second-order valence-corrected chi connectivity index (χ2v) is 5.97. The molecule has 1 amide bonds. The first-order valence-corrected chi connectivity index (χ1v) is 7.85. The van der Waals surface area contributed by atoms with Crippen molar-refractivity contribution in [1.29, 1.82) is 0 Å². The lowest BCUT2D eigenvalue weighted by Crippen LogP contribution is -2.48. The molecule has 0 atom stereocenters. The Morgan fingerprint density at radius 2 is 2.04 bits per heavy atom. The lowest BCUT2D eigenvalue weighted by molar-refractivity contribution is -0.385. The van der Waals surface area contributed by atoms with Gasteiger partial charge in [-0.2, -0.15) is 0 Å². The Bertz CT molecular complexity index is 796. The summed E-state index contributed by atoms with van der Waals surface area (Å²) in [6, 6.07) is 5.59. The molecule has 9 heteroatoms. The maximum atomic E-state index is 12.3. The quantitative estimate of drug-likeness (QED) is 0.660. The molecule has 1 aromatic heterocycles. The molecule has 1 aliphatic heterocycles. The number of phenolic OH excluding ortho intramolecular Hbond substituents is 1. The van der Waals surface area contributed by atoms with Crippen LogP contribution in [0.1, 0.15) is 21.8 Å². The van der Waals surface area contributed by atoms with Crippen LogP contribution < -0.4 is 0 Å². The number of nitrogens with zero attached hydrogens (tertiary/aromatic N) is 4. The minimum absolute atomic E-state index is 0.0289. The number of phenols is 1. The van der Waals surface area contributed by atoms with Crippen LogP contribution in [-0.2, 0) is 6.54 Å². The number of hydrogen-bond donors (Lipinski definition) is 1. The van der Waals surface area contributed by atoms with Gasteiger partial charge in [0, 0.05) is 56.5 Å². The largest absolute Gasteiger partial charge is 0.508 e. The molecule has 0 saturated carbocycles. The van der Waals surface area contributed by atoms with E-state index in [1.54, 1.807) is 17.9 Å². The van der Waals surface area contributed by atoms with Crippen LogP contribution in [-0.4, -0.2) is 57.1 Å². The molecule has 1 N–H and O–H groups in total. The van der Waals surface area contributed by atoms with E-state index >= 15 is 0 Å². The van der Waals surface area contributed by atoms with Crippen molar-refractivity contribution in [3.8, 4) is 5.75 Å². The number of nitro benzene ring substituents is 1. The summed E-state index contributed by atoms with van der Waals surface area (Å²) in [7, 11) is 0. The van der Waals surface area contributed by atoms with Crippen molar-refractivity contribution in [2.24, 2.45) is 0 Å². The zero-order valence-electron chi connectivity index (χ0n) is 13.7. The molecule has 1 aliphatic rings. The minimum atomic E-state index is -0.487. The fourth-order valence-corrected chi connectivity index (χ4v) is 2.78. The summed E-state index contributed by atoms with van der Waals surface area (Å²) in [4.78, 5) is 26.4. The minimum Gasteiger partial charge on any atom is -0.508 e. The number of aromatic hydroxyl groups is 1. The van der Waals surface area contributed by atoms with Crippen molar-refractivity contribution in [2.75, 3.05) is 26.2 Å². The molecule has 2 heterocycles. The predicted octanol–water partition coefficient (Wildman–Crippen LogP) is 1.55. The average Bonchev–Trinajstić information content (AvgIpc) is 3.03. The maximum absolute atomic E-state index is 12.3. The Labute approximate surface area is 143 Å². The van der Waals surface area contributed by atoms with E-state index in [0.29, 0.717) is 44.0 Å². The highest BCUT2D eigenvalue weighted by Gasteiger charge is 2.25. The molecular weight excluding hydrogens is 328 g/mol. The highest BCUT2D eigenvalue weighted by Crippen LogP contribution is 2.24. The van der Waals surface area contributed by atoms with E-state index in [1.165, 1.54) is 18.2 Å². The van der Waals surface area contributed by atoms with Gasteiger partial charge in [-0.1, -0.05) is 5.16 Å². The van der Waals surface area contributed by atoms with Crippen LogP contribution in [0, 0.1) is 17.0 Å². The van der Waals surface area contributed by atoms with E-state index in [9.17, 15) is 20.0 Å². The average molecular weight is 346 g/mol. The highest BCUT2D eigenvalue weighted by atomic mass is 16.6. The van der Waals surface area contributed by atoms with Gasteiger partial charge in [0.2, 0.25) is 5.76 Å². The summed E-state index contributed by atoms with van der Waals surface area (Å²) >= 11 is 0. The number of carbonyl (C=O) groups is 1. The van der Waals surface area contributed by atoms with Gasteiger partial charge in [0.1, 0.15) is 5.75 Å². The molecule has 3 rings (SSSR count). The smallest absolute Gasteiger partial charge is 0.292 e. The Hall–Kier alpha value is -2.94.